The highest BCUT2D eigenvalue weighted by Gasteiger charge is 2.28. The minimum atomic E-state index is -0.565. The number of piperidine rings is 1. The highest BCUT2D eigenvalue weighted by Crippen LogP contribution is 2.16. The van der Waals surface area contributed by atoms with Crippen molar-refractivity contribution in [1.29, 1.82) is 0 Å². The molecule has 2 fully saturated rings. The lowest BCUT2D eigenvalue weighted by Gasteiger charge is -2.41. The summed E-state index contributed by atoms with van der Waals surface area (Å²) in [7, 11) is 0. The van der Waals surface area contributed by atoms with Crippen molar-refractivity contribution in [3.05, 3.63) is 0 Å². The highest BCUT2D eigenvalue weighted by molar-refractivity contribution is 4.87. The maximum absolute atomic E-state index is 12.9. The first kappa shape index (κ1) is 7.50. The second-order valence-corrected chi connectivity index (χ2v) is 3.55. The first-order valence-electron chi connectivity index (χ1n) is 4.45. The molecule has 11 heavy (non-hydrogen) atoms. The molecule has 0 saturated carbocycles. The summed E-state index contributed by atoms with van der Waals surface area (Å²) in [6, 6.07) is 0.633. The Kier molecular flexibility index (Phi) is 2.09. The van der Waals surface area contributed by atoms with E-state index in [1.165, 1.54) is 0 Å². The molecule has 0 amide bonds. The van der Waals surface area contributed by atoms with Crippen molar-refractivity contribution in [2.24, 2.45) is 0 Å². The van der Waals surface area contributed by atoms with Crippen LogP contribution in [0.4, 0.5) is 4.39 Å². The van der Waals surface area contributed by atoms with Gasteiger partial charge < -0.3 is 5.32 Å². The van der Waals surface area contributed by atoms with Crippen LogP contribution in [-0.4, -0.2) is 43.3 Å². The van der Waals surface area contributed by atoms with Crippen molar-refractivity contribution in [1.82, 2.24) is 10.2 Å². The molecule has 0 spiro atoms. The summed E-state index contributed by atoms with van der Waals surface area (Å²) in [5, 5.41) is 3.21. The smallest absolute Gasteiger partial charge is 0.113 e. The normalized spacial score (nSPS) is 35.2. The van der Waals surface area contributed by atoms with Crippen LogP contribution in [0, 0.1) is 0 Å². The molecule has 0 aliphatic carbocycles. The predicted molar refractivity (Wildman–Crippen MR) is 42.4 cm³/mol. The molecule has 3 heteroatoms. The third kappa shape index (κ3) is 1.54. The van der Waals surface area contributed by atoms with E-state index in [4.69, 9.17) is 0 Å². The van der Waals surface area contributed by atoms with Crippen LogP contribution < -0.4 is 5.32 Å². The molecule has 0 unspecified atom stereocenters. The van der Waals surface area contributed by atoms with Gasteiger partial charge >= 0.3 is 0 Å². The third-order valence-corrected chi connectivity index (χ3v) is 2.67. The van der Waals surface area contributed by atoms with E-state index in [1.54, 1.807) is 0 Å². The average molecular weight is 158 g/mol. The van der Waals surface area contributed by atoms with Gasteiger partial charge in [-0.25, -0.2) is 4.39 Å². The Bertz CT molecular complexity index is 136. The van der Waals surface area contributed by atoms with Crippen LogP contribution in [0.3, 0.4) is 0 Å². The van der Waals surface area contributed by atoms with Gasteiger partial charge in [0.1, 0.15) is 6.17 Å². The molecule has 2 saturated heterocycles. The van der Waals surface area contributed by atoms with E-state index in [-0.39, 0.29) is 0 Å². The minimum absolute atomic E-state index is 0.565. The van der Waals surface area contributed by atoms with Crippen molar-refractivity contribution in [2.45, 2.75) is 25.1 Å². The van der Waals surface area contributed by atoms with Gasteiger partial charge in [-0.3, -0.25) is 4.90 Å². The van der Waals surface area contributed by atoms with E-state index in [1.807, 2.05) is 0 Å². The average Bonchev–Trinajstić information content (AvgIpc) is 1.83. The Morgan fingerprint density at radius 3 is 2.73 bits per heavy atom. The maximum atomic E-state index is 12.9. The van der Waals surface area contributed by atoms with Crippen molar-refractivity contribution < 1.29 is 4.39 Å². The molecule has 2 nitrogen and oxygen atoms in total. The summed E-state index contributed by atoms with van der Waals surface area (Å²) < 4.78 is 12.9. The van der Waals surface area contributed by atoms with Crippen LogP contribution in [0.25, 0.3) is 0 Å². The van der Waals surface area contributed by atoms with E-state index < -0.39 is 6.17 Å². The van der Waals surface area contributed by atoms with Crippen LogP contribution in [0.15, 0.2) is 0 Å². The van der Waals surface area contributed by atoms with Gasteiger partial charge in [0.2, 0.25) is 0 Å². The van der Waals surface area contributed by atoms with Gasteiger partial charge in [-0.1, -0.05) is 0 Å². The monoisotopic (exact) mass is 158 g/mol. The molecular formula is C8H15FN2. The molecule has 0 aromatic heterocycles. The molecule has 2 aliphatic rings. The molecule has 2 heterocycles. The fourth-order valence-corrected chi connectivity index (χ4v) is 1.82. The summed E-state index contributed by atoms with van der Waals surface area (Å²) in [5.74, 6) is 0. The van der Waals surface area contributed by atoms with E-state index in [0.29, 0.717) is 12.6 Å². The third-order valence-electron chi connectivity index (χ3n) is 2.67. The Labute approximate surface area is 66.8 Å². The standard InChI is InChI=1S/C8H15FN2/c9-7-2-1-3-11(6-7)8-4-10-5-8/h7-8,10H,1-6H2/t7-/m0/s1. The number of hydrogen-bond acceptors (Lipinski definition) is 2. The van der Waals surface area contributed by atoms with E-state index in [0.717, 1.165) is 32.5 Å². The second-order valence-electron chi connectivity index (χ2n) is 3.55. The summed E-state index contributed by atoms with van der Waals surface area (Å²) in [6.07, 6.45) is 1.25. The summed E-state index contributed by atoms with van der Waals surface area (Å²) in [4.78, 5) is 2.28. The Hall–Kier alpha value is -0.150. The van der Waals surface area contributed by atoms with Gasteiger partial charge in [0.25, 0.3) is 0 Å². The lowest BCUT2D eigenvalue weighted by Crippen LogP contribution is -2.59. The van der Waals surface area contributed by atoms with Gasteiger partial charge in [0.15, 0.2) is 0 Å². The summed E-state index contributed by atoms with van der Waals surface area (Å²) >= 11 is 0. The van der Waals surface area contributed by atoms with E-state index >= 15 is 0 Å². The number of likely N-dealkylation sites (tertiary alicyclic amines) is 1. The number of nitrogens with zero attached hydrogens (tertiary/aromatic N) is 1. The van der Waals surface area contributed by atoms with E-state index in [9.17, 15) is 4.39 Å². The second kappa shape index (κ2) is 3.07. The highest BCUT2D eigenvalue weighted by atomic mass is 19.1. The number of halogens is 1. The topological polar surface area (TPSA) is 15.3 Å². The predicted octanol–water partition coefficient (Wildman–Crippen LogP) is 0.392. The first-order chi connectivity index (χ1) is 5.36. The molecule has 2 rings (SSSR count). The Balaban J connectivity index is 1.82. The van der Waals surface area contributed by atoms with Gasteiger partial charge in [-0.05, 0) is 19.4 Å². The maximum Gasteiger partial charge on any atom is 0.113 e. The van der Waals surface area contributed by atoms with Crippen LogP contribution in [0.2, 0.25) is 0 Å². The van der Waals surface area contributed by atoms with Gasteiger partial charge in [-0.2, -0.15) is 0 Å². The van der Waals surface area contributed by atoms with Gasteiger partial charge in [0, 0.05) is 25.7 Å². The number of hydrogen-bond donors (Lipinski definition) is 1. The molecule has 2 aliphatic heterocycles. The lowest BCUT2D eigenvalue weighted by molar-refractivity contribution is 0.0737. The van der Waals surface area contributed by atoms with Crippen molar-refractivity contribution >= 4 is 0 Å². The largest absolute Gasteiger partial charge is 0.314 e. The molecule has 1 N–H and O–H groups in total. The van der Waals surface area contributed by atoms with E-state index in [2.05, 4.69) is 10.2 Å². The number of nitrogens with one attached hydrogen (secondary N) is 1. The van der Waals surface area contributed by atoms with Crippen molar-refractivity contribution in [3.8, 4) is 0 Å². The Morgan fingerprint density at radius 1 is 1.36 bits per heavy atom. The zero-order valence-corrected chi connectivity index (χ0v) is 6.72. The van der Waals surface area contributed by atoms with Crippen LogP contribution in [-0.2, 0) is 0 Å². The lowest BCUT2D eigenvalue weighted by atomic mass is 10.0. The fraction of sp³-hybridized carbons (Fsp3) is 1.00. The van der Waals surface area contributed by atoms with Crippen molar-refractivity contribution in [2.75, 3.05) is 26.2 Å². The zero-order chi connectivity index (χ0) is 7.68. The molecular weight excluding hydrogens is 143 g/mol. The van der Waals surface area contributed by atoms with Crippen molar-refractivity contribution in [3.63, 3.8) is 0 Å². The minimum Gasteiger partial charge on any atom is -0.314 e. The van der Waals surface area contributed by atoms with Gasteiger partial charge in [0.05, 0.1) is 0 Å². The number of rotatable bonds is 1. The van der Waals surface area contributed by atoms with Gasteiger partial charge in [-0.15, -0.1) is 0 Å². The van der Waals surface area contributed by atoms with Crippen LogP contribution in [0.1, 0.15) is 12.8 Å². The number of alkyl halides is 1. The molecule has 0 aromatic carbocycles. The fourth-order valence-electron chi connectivity index (χ4n) is 1.82. The van der Waals surface area contributed by atoms with Crippen LogP contribution >= 0.6 is 0 Å². The molecule has 0 bridgehead atoms. The molecule has 1 atom stereocenters. The summed E-state index contributed by atoms with van der Waals surface area (Å²) in [5.41, 5.74) is 0. The SMILES string of the molecule is F[C@H]1CCCN(C2CNC2)C1. The van der Waals surface area contributed by atoms with Crippen LogP contribution in [0.5, 0.6) is 0 Å². The Morgan fingerprint density at radius 2 is 2.18 bits per heavy atom. The first-order valence-corrected chi connectivity index (χ1v) is 4.45. The molecule has 0 aromatic rings. The quantitative estimate of drug-likeness (QED) is 0.594. The molecule has 0 radical (unpaired) electrons. The zero-order valence-electron chi connectivity index (χ0n) is 6.72. The molecule has 64 valence electrons. The summed E-state index contributed by atoms with van der Waals surface area (Å²) in [6.45, 7) is 3.90.